The minimum absolute atomic E-state index is 0.0498. The van der Waals surface area contributed by atoms with Gasteiger partial charge in [0.1, 0.15) is 10.8 Å². The highest BCUT2D eigenvalue weighted by Crippen LogP contribution is 2.27. The van der Waals surface area contributed by atoms with Crippen molar-refractivity contribution in [1.29, 1.82) is 0 Å². The minimum Gasteiger partial charge on any atom is -0.366 e. The van der Waals surface area contributed by atoms with Crippen molar-refractivity contribution in [3.8, 4) is 0 Å². The molecule has 0 aliphatic carbocycles. The summed E-state index contributed by atoms with van der Waals surface area (Å²) >= 11 is 5.57. The first-order valence-corrected chi connectivity index (χ1v) is 4.15. The molecule has 1 amide bonds. The van der Waals surface area contributed by atoms with E-state index < -0.39 is 17.3 Å². The molecular formula is C8H7ClFN2O3+. The molecule has 0 aromatic heterocycles. The normalized spacial score (nSPS) is 9.80. The molecule has 0 spiro atoms. The Morgan fingerprint density at radius 3 is 2.67 bits per heavy atom. The van der Waals surface area contributed by atoms with Gasteiger partial charge >= 0.3 is 5.69 Å². The minimum atomic E-state index is -0.991. The fourth-order valence-corrected chi connectivity index (χ4v) is 1.18. The van der Waals surface area contributed by atoms with Crippen LogP contribution in [0.1, 0.15) is 10.4 Å². The first-order valence-electron chi connectivity index (χ1n) is 3.77. The highest BCUT2D eigenvalue weighted by Gasteiger charge is 2.24. The summed E-state index contributed by atoms with van der Waals surface area (Å²) in [6.45, 7) is 0. The van der Waals surface area contributed by atoms with Gasteiger partial charge in [-0.05, 0) is 0 Å². The van der Waals surface area contributed by atoms with Crippen molar-refractivity contribution in [2.75, 3.05) is 7.11 Å². The second-order valence-corrected chi connectivity index (χ2v) is 2.99. The van der Waals surface area contributed by atoms with E-state index in [9.17, 15) is 14.1 Å². The molecule has 0 saturated carbocycles. The van der Waals surface area contributed by atoms with Gasteiger partial charge in [0.2, 0.25) is 0 Å². The Bertz CT molecular complexity index is 436. The van der Waals surface area contributed by atoms with Gasteiger partial charge in [-0.3, -0.25) is 4.79 Å². The van der Waals surface area contributed by atoms with Crippen LogP contribution in [0.2, 0.25) is 5.02 Å². The third kappa shape index (κ3) is 2.21. The Kier molecular flexibility index (Phi) is 3.21. The summed E-state index contributed by atoms with van der Waals surface area (Å²) in [6.07, 6.45) is 0. The third-order valence-corrected chi connectivity index (χ3v) is 1.97. The standard InChI is InChI=1S/C8H6ClFN2O3/c1-15-12(14)7-2-4(8(11)13)6(10)3-5(7)9/h2-3H,1H3,(H-,11,13)/p+1. The summed E-state index contributed by atoms with van der Waals surface area (Å²) in [5.41, 5.74) is 4.28. The predicted octanol–water partition coefficient (Wildman–Crippen LogP) is 1.55. The van der Waals surface area contributed by atoms with Gasteiger partial charge in [0, 0.05) is 12.1 Å². The fraction of sp³-hybridized carbons (Fsp3) is 0.125. The van der Waals surface area contributed by atoms with Crippen LogP contribution in [0, 0.1) is 10.7 Å². The van der Waals surface area contributed by atoms with Crippen molar-refractivity contribution in [3.63, 3.8) is 0 Å². The van der Waals surface area contributed by atoms with E-state index in [-0.39, 0.29) is 15.6 Å². The van der Waals surface area contributed by atoms with E-state index in [2.05, 4.69) is 4.84 Å². The van der Waals surface area contributed by atoms with Gasteiger partial charge < -0.3 is 5.73 Å². The highest BCUT2D eigenvalue weighted by molar-refractivity contribution is 6.32. The number of primary amides is 1. The predicted molar refractivity (Wildman–Crippen MR) is 50.2 cm³/mol. The summed E-state index contributed by atoms with van der Waals surface area (Å²) in [5, 5.41) is -0.172. The number of hydrogen-bond acceptors (Lipinski definition) is 3. The number of carbonyl (C=O) groups is 1. The molecule has 2 N–H and O–H groups in total. The lowest BCUT2D eigenvalue weighted by molar-refractivity contribution is -0.736. The monoisotopic (exact) mass is 233 g/mol. The van der Waals surface area contributed by atoms with Gasteiger partial charge in [0.15, 0.2) is 7.11 Å². The van der Waals surface area contributed by atoms with Crippen LogP contribution in [-0.4, -0.2) is 17.9 Å². The van der Waals surface area contributed by atoms with E-state index in [1.165, 1.54) is 0 Å². The molecule has 7 heteroatoms. The zero-order chi connectivity index (χ0) is 11.6. The summed E-state index contributed by atoms with van der Waals surface area (Å²) in [6, 6.07) is 1.75. The highest BCUT2D eigenvalue weighted by atomic mass is 35.5. The van der Waals surface area contributed by atoms with Crippen LogP contribution in [0.4, 0.5) is 10.1 Å². The molecule has 1 aromatic carbocycles. The summed E-state index contributed by atoms with van der Waals surface area (Å²) < 4.78 is 13.1. The number of benzene rings is 1. The van der Waals surface area contributed by atoms with Crippen molar-refractivity contribution in [3.05, 3.63) is 33.4 Å². The smallest absolute Gasteiger partial charge is 0.336 e. The number of nitrogens with two attached hydrogens (primary N) is 1. The van der Waals surface area contributed by atoms with E-state index in [0.29, 0.717) is 0 Å². The molecule has 0 unspecified atom stereocenters. The van der Waals surface area contributed by atoms with Crippen LogP contribution in [0.3, 0.4) is 0 Å². The Balaban J connectivity index is 3.36. The molecule has 0 fully saturated rings. The average molecular weight is 234 g/mol. The summed E-state index contributed by atoms with van der Waals surface area (Å²) in [4.78, 5) is 26.2. The van der Waals surface area contributed by atoms with Crippen LogP contribution >= 0.6 is 11.6 Å². The molecule has 1 aromatic rings. The SMILES string of the molecule is CO[N+](=O)c1cc(C(N)=O)c(F)cc1Cl. The van der Waals surface area contributed by atoms with E-state index in [1.807, 2.05) is 0 Å². The number of hydrogen-bond donors (Lipinski definition) is 1. The zero-order valence-electron chi connectivity index (χ0n) is 7.66. The van der Waals surface area contributed by atoms with E-state index in [0.717, 1.165) is 19.2 Å². The number of amides is 1. The van der Waals surface area contributed by atoms with Gasteiger partial charge in [-0.2, -0.15) is 0 Å². The van der Waals surface area contributed by atoms with Gasteiger partial charge in [-0.25, -0.2) is 9.23 Å². The van der Waals surface area contributed by atoms with Crippen LogP contribution in [0.5, 0.6) is 0 Å². The third-order valence-electron chi connectivity index (χ3n) is 1.66. The van der Waals surface area contributed by atoms with Gasteiger partial charge in [0.25, 0.3) is 10.8 Å². The van der Waals surface area contributed by atoms with E-state index in [4.69, 9.17) is 17.3 Å². The molecule has 80 valence electrons. The van der Waals surface area contributed by atoms with Crippen molar-refractivity contribution >= 4 is 23.2 Å². The second kappa shape index (κ2) is 4.22. The number of halogens is 2. The molecule has 0 saturated heterocycles. The van der Waals surface area contributed by atoms with Crippen molar-refractivity contribution in [1.82, 2.24) is 0 Å². The Labute approximate surface area is 89.1 Å². The van der Waals surface area contributed by atoms with Crippen LogP contribution in [-0.2, 0) is 4.84 Å². The molecule has 1 rings (SSSR count). The van der Waals surface area contributed by atoms with Crippen molar-refractivity contribution in [2.24, 2.45) is 5.73 Å². The largest absolute Gasteiger partial charge is 0.366 e. The Morgan fingerprint density at radius 2 is 2.20 bits per heavy atom. The number of carbonyl (C=O) groups excluding carboxylic acids is 1. The molecule has 5 nitrogen and oxygen atoms in total. The molecule has 0 bridgehead atoms. The topological polar surface area (TPSA) is 72.4 Å². The van der Waals surface area contributed by atoms with Gasteiger partial charge in [-0.15, -0.1) is 0 Å². The Morgan fingerprint density at radius 1 is 1.60 bits per heavy atom. The average Bonchev–Trinajstić information content (AvgIpc) is 2.16. The zero-order valence-corrected chi connectivity index (χ0v) is 8.42. The lowest BCUT2D eigenvalue weighted by Crippen LogP contribution is -2.14. The first-order chi connectivity index (χ1) is 6.97. The molecule has 0 aliphatic heterocycles. The maximum atomic E-state index is 13.1. The fourth-order valence-electron chi connectivity index (χ4n) is 0.965. The lowest BCUT2D eigenvalue weighted by Gasteiger charge is -1.98. The number of nitrogens with zero attached hydrogens (tertiary/aromatic N) is 1. The molecule has 0 aliphatic rings. The lowest BCUT2D eigenvalue weighted by atomic mass is 10.2. The van der Waals surface area contributed by atoms with Crippen LogP contribution < -0.4 is 5.73 Å². The number of rotatable bonds is 3. The van der Waals surface area contributed by atoms with Crippen molar-refractivity contribution < 1.29 is 18.9 Å². The molecular weight excluding hydrogens is 227 g/mol. The second-order valence-electron chi connectivity index (χ2n) is 2.59. The van der Waals surface area contributed by atoms with Gasteiger partial charge in [-0.1, -0.05) is 11.6 Å². The summed E-state index contributed by atoms with van der Waals surface area (Å²) in [7, 11) is 1.11. The molecule has 0 heterocycles. The van der Waals surface area contributed by atoms with E-state index >= 15 is 0 Å². The summed E-state index contributed by atoms with van der Waals surface area (Å²) in [5.74, 6) is -1.88. The maximum absolute atomic E-state index is 13.1. The first kappa shape index (κ1) is 11.4. The molecule has 0 radical (unpaired) electrons. The molecule has 0 atom stereocenters. The maximum Gasteiger partial charge on any atom is 0.336 e. The quantitative estimate of drug-likeness (QED) is 0.805. The van der Waals surface area contributed by atoms with E-state index in [1.54, 1.807) is 0 Å². The van der Waals surface area contributed by atoms with Crippen LogP contribution in [0.25, 0.3) is 0 Å². The molecule has 15 heavy (non-hydrogen) atoms. The Hall–Kier alpha value is -1.69. The van der Waals surface area contributed by atoms with Gasteiger partial charge in [0.05, 0.1) is 10.5 Å². The van der Waals surface area contributed by atoms with Crippen molar-refractivity contribution in [2.45, 2.75) is 0 Å². The van der Waals surface area contributed by atoms with Crippen LogP contribution in [0.15, 0.2) is 12.1 Å².